The Morgan fingerprint density at radius 3 is 2.54 bits per heavy atom. The van der Waals surface area contributed by atoms with E-state index in [1.165, 1.54) is 37.1 Å². The van der Waals surface area contributed by atoms with Crippen LogP contribution in [0.5, 0.6) is 0 Å². The van der Waals surface area contributed by atoms with Gasteiger partial charge in [0, 0.05) is 25.1 Å². The van der Waals surface area contributed by atoms with E-state index >= 15 is 0 Å². The van der Waals surface area contributed by atoms with Gasteiger partial charge in [0.25, 0.3) is 0 Å². The van der Waals surface area contributed by atoms with Crippen LogP contribution in [0.2, 0.25) is 0 Å². The quantitative estimate of drug-likeness (QED) is 0.851. The number of amides is 1. The van der Waals surface area contributed by atoms with Gasteiger partial charge in [-0.15, -0.1) is 0 Å². The summed E-state index contributed by atoms with van der Waals surface area (Å²) >= 11 is 0. The van der Waals surface area contributed by atoms with Crippen molar-refractivity contribution in [3.05, 3.63) is 35.4 Å². The maximum Gasteiger partial charge on any atom is 0.248 e. The summed E-state index contributed by atoms with van der Waals surface area (Å²) in [6, 6.07) is 9.79. The van der Waals surface area contributed by atoms with Crippen molar-refractivity contribution in [1.29, 1.82) is 0 Å². The molecule has 4 aliphatic rings. The minimum Gasteiger partial charge on any atom is -0.372 e. The number of benzene rings is 1. The van der Waals surface area contributed by atoms with E-state index in [1.54, 1.807) is 0 Å². The average molecular weight is 328 g/mol. The number of hydrogen-bond donors (Lipinski definition) is 0. The van der Waals surface area contributed by atoms with E-state index in [0.29, 0.717) is 30.5 Å². The number of carbonyl (C=O) groups excluding carboxylic acids is 1. The van der Waals surface area contributed by atoms with Gasteiger partial charge in [0.15, 0.2) is 0 Å². The topological polar surface area (TPSA) is 32.8 Å². The molecule has 4 heteroatoms. The Morgan fingerprint density at radius 2 is 1.88 bits per heavy atom. The highest BCUT2D eigenvalue weighted by Crippen LogP contribution is 2.46. The first kappa shape index (κ1) is 16.1. The average Bonchev–Trinajstić information content (AvgIpc) is 3.04. The third-order valence-corrected chi connectivity index (χ3v) is 6.25. The fraction of sp³-hybridized carbons (Fsp3) is 0.650. The Hall–Kier alpha value is -1.39. The highest BCUT2D eigenvalue weighted by molar-refractivity contribution is 5.78. The second-order valence-corrected chi connectivity index (χ2v) is 7.55. The Morgan fingerprint density at radius 1 is 1.17 bits per heavy atom. The van der Waals surface area contributed by atoms with Gasteiger partial charge < -0.3 is 9.64 Å². The molecule has 0 saturated carbocycles. The van der Waals surface area contributed by atoms with Gasteiger partial charge in [-0.05, 0) is 51.3 Å². The molecule has 4 nitrogen and oxygen atoms in total. The number of ether oxygens (including phenoxy) is 1. The zero-order valence-corrected chi connectivity index (χ0v) is 14.8. The number of aryl methyl sites for hydroxylation is 1. The molecule has 4 saturated heterocycles. The van der Waals surface area contributed by atoms with Crippen LogP contribution >= 0.6 is 0 Å². The van der Waals surface area contributed by atoms with E-state index in [4.69, 9.17) is 4.74 Å². The molecule has 24 heavy (non-hydrogen) atoms. The first-order valence-corrected chi connectivity index (χ1v) is 9.37. The lowest BCUT2D eigenvalue weighted by molar-refractivity contribution is -0.140. The van der Waals surface area contributed by atoms with Gasteiger partial charge in [-0.1, -0.05) is 29.8 Å². The highest BCUT2D eigenvalue weighted by atomic mass is 16.5. The predicted octanol–water partition coefficient (Wildman–Crippen LogP) is 2.42. The fourth-order valence-electron chi connectivity index (χ4n) is 5.08. The van der Waals surface area contributed by atoms with Crippen molar-refractivity contribution in [3.63, 3.8) is 0 Å². The number of fused-ring (bicyclic) bond motifs is 2. The van der Waals surface area contributed by atoms with Gasteiger partial charge in [0.1, 0.15) is 6.61 Å². The summed E-state index contributed by atoms with van der Waals surface area (Å²) in [4.78, 5) is 17.5. The van der Waals surface area contributed by atoms with Gasteiger partial charge in [-0.2, -0.15) is 0 Å². The second-order valence-electron chi connectivity index (χ2n) is 7.55. The van der Waals surface area contributed by atoms with Crippen LogP contribution in [0.4, 0.5) is 0 Å². The molecule has 5 rings (SSSR count). The Kier molecular flexibility index (Phi) is 4.35. The molecule has 1 aromatic rings. The van der Waals surface area contributed by atoms with Crippen LogP contribution in [-0.2, 0) is 9.53 Å². The predicted molar refractivity (Wildman–Crippen MR) is 94.0 cm³/mol. The number of nitrogens with zero attached hydrogens (tertiary/aromatic N) is 2. The molecule has 4 fully saturated rings. The van der Waals surface area contributed by atoms with Crippen LogP contribution in [0.25, 0.3) is 0 Å². The molecule has 0 aromatic heterocycles. The molecule has 4 aliphatic heterocycles. The van der Waals surface area contributed by atoms with E-state index in [-0.39, 0.29) is 12.5 Å². The standard InChI is InChI=1S/C20H28N2O2/c1-3-24-13-18(23)22-12-17(15-6-4-14(2)5-7-15)20-19(22)16-8-10-21(20)11-9-16/h4-7,16-17,19-20H,3,8-13H2,1-2H3/t17-,19-,20-/m0/s1. The van der Waals surface area contributed by atoms with Crippen LogP contribution in [0.3, 0.4) is 0 Å². The third kappa shape index (κ3) is 2.66. The first-order valence-electron chi connectivity index (χ1n) is 9.37. The van der Waals surface area contributed by atoms with Crippen molar-refractivity contribution < 1.29 is 9.53 Å². The minimum absolute atomic E-state index is 0.176. The molecule has 2 bridgehead atoms. The number of carbonyl (C=O) groups is 1. The van der Waals surface area contributed by atoms with E-state index in [2.05, 4.69) is 41.0 Å². The maximum atomic E-state index is 12.7. The van der Waals surface area contributed by atoms with Gasteiger partial charge in [-0.25, -0.2) is 0 Å². The summed E-state index contributed by atoms with van der Waals surface area (Å²) < 4.78 is 5.42. The molecule has 1 aromatic carbocycles. The molecular weight excluding hydrogens is 300 g/mol. The van der Waals surface area contributed by atoms with E-state index in [0.717, 1.165) is 6.54 Å². The normalized spacial score (nSPS) is 34.4. The van der Waals surface area contributed by atoms with Gasteiger partial charge >= 0.3 is 0 Å². The number of rotatable bonds is 4. The van der Waals surface area contributed by atoms with E-state index < -0.39 is 0 Å². The summed E-state index contributed by atoms with van der Waals surface area (Å²) in [6.07, 6.45) is 2.47. The molecule has 0 unspecified atom stereocenters. The summed E-state index contributed by atoms with van der Waals surface area (Å²) in [5, 5.41) is 0. The first-order chi connectivity index (χ1) is 11.7. The van der Waals surface area contributed by atoms with Crippen molar-refractivity contribution >= 4 is 5.91 Å². The van der Waals surface area contributed by atoms with Gasteiger partial charge in [0.2, 0.25) is 5.91 Å². The van der Waals surface area contributed by atoms with Crippen molar-refractivity contribution in [3.8, 4) is 0 Å². The van der Waals surface area contributed by atoms with Crippen LogP contribution < -0.4 is 0 Å². The Bertz CT molecular complexity index is 592. The van der Waals surface area contributed by atoms with Crippen LogP contribution in [0.1, 0.15) is 36.8 Å². The molecule has 0 radical (unpaired) electrons. The summed E-state index contributed by atoms with van der Waals surface area (Å²) in [5.41, 5.74) is 2.68. The molecule has 0 aliphatic carbocycles. The largest absolute Gasteiger partial charge is 0.372 e. The summed E-state index contributed by atoms with van der Waals surface area (Å²) in [6.45, 7) is 8.15. The fourth-order valence-corrected chi connectivity index (χ4v) is 5.08. The third-order valence-electron chi connectivity index (χ3n) is 6.25. The van der Waals surface area contributed by atoms with Crippen LogP contribution in [0.15, 0.2) is 24.3 Å². The van der Waals surface area contributed by atoms with Crippen molar-refractivity contribution in [2.45, 2.75) is 44.7 Å². The zero-order valence-electron chi connectivity index (χ0n) is 14.8. The molecule has 1 amide bonds. The van der Waals surface area contributed by atoms with Crippen molar-refractivity contribution in [2.24, 2.45) is 5.92 Å². The second kappa shape index (κ2) is 6.49. The molecule has 4 heterocycles. The molecule has 0 spiro atoms. The minimum atomic E-state index is 0.176. The SMILES string of the molecule is CCOCC(=O)N1C[C@@H](c2ccc(C)cc2)[C@H]2[C@@H]1C1CCN2CC1. The van der Waals surface area contributed by atoms with Crippen molar-refractivity contribution in [1.82, 2.24) is 9.80 Å². The van der Waals surface area contributed by atoms with Crippen LogP contribution in [-0.4, -0.2) is 60.6 Å². The smallest absolute Gasteiger partial charge is 0.248 e. The zero-order chi connectivity index (χ0) is 16.7. The lowest BCUT2D eigenvalue weighted by Gasteiger charge is -2.51. The summed E-state index contributed by atoms with van der Waals surface area (Å²) in [7, 11) is 0. The maximum absolute atomic E-state index is 12.7. The lowest BCUT2D eigenvalue weighted by Crippen LogP contribution is -2.61. The highest BCUT2D eigenvalue weighted by Gasteiger charge is 2.54. The lowest BCUT2D eigenvalue weighted by atomic mass is 9.75. The number of hydrogen-bond acceptors (Lipinski definition) is 3. The van der Waals surface area contributed by atoms with Crippen LogP contribution in [0, 0.1) is 12.8 Å². The molecule has 0 N–H and O–H groups in total. The Labute approximate surface area is 144 Å². The molecule has 3 atom stereocenters. The van der Waals surface area contributed by atoms with Gasteiger partial charge in [-0.3, -0.25) is 9.69 Å². The monoisotopic (exact) mass is 328 g/mol. The molecule has 130 valence electrons. The summed E-state index contributed by atoms with van der Waals surface area (Å²) in [5.74, 6) is 1.28. The van der Waals surface area contributed by atoms with E-state index in [9.17, 15) is 4.79 Å². The van der Waals surface area contributed by atoms with Crippen molar-refractivity contribution in [2.75, 3.05) is 32.8 Å². The number of likely N-dealkylation sites (tertiary alicyclic amines) is 1. The Balaban J connectivity index is 1.63. The van der Waals surface area contributed by atoms with E-state index in [1.807, 2.05) is 6.92 Å². The van der Waals surface area contributed by atoms with Gasteiger partial charge in [0.05, 0.1) is 6.04 Å². The molecular formula is C20H28N2O2. The number of piperidine rings is 3.